The molecule has 42 heavy (non-hydrogen) atoms. The van der Waals surface area contributed by atoms with Crippen molar-refractivity contribution in [2.45, 2.75) is 32.1 Å². The summed E-state index contributed by atoms with van der Waals surface area (Å²) in [6, 6.07) is 3.13. The van der Waals surface area contributed by atoms with Crippen LogP contribution in [0.25, 0.3) is 11.1 Å². The molecule has 0 bridgehead atoms. The first kappa shape index (κ1) is 29.5. The number of pyridine rings is 1. The van der Waals surface area contributed by atoms with E-state index in [2.05, 4.69) is 25.2 Å². The Kier molecular flexibility index (Phi) is 8.19. The van der Waals surface area contributed by atoms with E-state index < -0.39 is 34.6 Å². The van der Waals surface area contributed by atoms with Crippen molar-refractivity contribution in [2.24, 2.45) is 0 Å². The highest BCUT2D eigenvalue weighted by Crippen LogP contribution is 2.37. The van der Waals surface area contributed by atoms with Crippen molar-refractivity contribution in [3.63, 3.8) is 0 Å². The summed E-state index contributed by atoms with van der Waals surface area (Å²) in [6.07, 6.45) is -1.28. The number of morpholine rings is 1. The van der Waals surface area contributed by atoms with Gasteiger partial charge < -0.3 is 29.7 Å². The Morgan fingerprint density at radius 3 is 2.50 bits per heavy atom. The summed E-state index contributed by atoms with van der Waals surface area (Å²) in [5.74, 6) is -1.25. The first-order valence-electron chi connectivity index (χ1n) is 13.5. The molecule has 2 aromatic heterocycles. The minimum Gasteiger partial charge on any atom is -0.377 e. The molecule has 2 saturated heterocycles. The van der Waals surface area contributed by atoms with Gasteiger partial charge in [0.1, 0.15) is 5.82 Å². The molecule has 0 aliphatic carbocycles. The van der Waals surface area contributed by atoms with Crippen molar-refractivity contribution in [3.05, 3.63) is 64.1 Å². The highest BCUT2D eigenvalue weighted by Gasteiger charge is 2.36. The van der Waals surface area contributed by atoms with Crippen molar-refractivity contribution >= 4 is 23.2 Å². The Balaban J connectivity index is 1.53. The molecule has 0 unspecified atom stereocenters. The number of amides is 1. The molecule has 5 rings (SSSR count). The summed E-state index contributed by atoms with van der Waals surface area (Å²) in [5.41, 5.74) is -2.31. The van der Waals surface area contributed by atoms with Crippen molar-refractivity contribution < 1.29 is 27.1 Å². The smallest absolute Gasteiger partial charge is 0.377 e. The predicted molar refractivity (Wildman–Crippen MR) is 149 cm³/mol. The number of alkyl halides is 3. The monoisotopic (exact) mass is 589 g/mol. The van der Waals surface area contributed by atoms with Gasteiger partial charge in [-0.05, 0) is 33.0 Å². The molecule has 2 aliphatic rings. The van der Waals surface area contributed by atoms with Gasteiger partial charge in [-0.2, -0.15) is 13.2 Å². The number of rotatable bonds is 5. The number of nitrogens with one attached hydrogen (secondary N) is 2. The zero-order valence-electron chi connectivity index (χ0n) is 23.3. The Morgan fingerprint density at radius 1 is 1.10 bits per heavy atom. The SMILES string of the molecule is C[C@@H]1CN(c2cc(F)c(-c3cnc(N4CCOC[C@H]4C)nc3)cc2NC(=O)c2c[nH]c(=O)cc2C(F)(F)F)CCN1C. The van der Waals surface area contributed by atoms with E-state index in [4.69, 9.17) is 4.74 Å². The number of hydrogen-bond acceptors (Lipinski definition) is 8. The van der Waals surface area contributed by atoms with Gasteiger partial charge in [0.15, 0.2) is 0 Å². The molecule has 0 radical (unpaired) electrons. The molecule has 14 heteroatoms. The van der Waals surface area contributed by atoms with E-state index in [9.17, 15) is 22.8 Å². The van der Waals surface area contributed by atoms with Gasteiger partial charge in [-0.3, -0.25) is 9.59 Å². The van der Waals surface area contributed by atoms with Gasteiger partial charge in [-0.1, -0.05) is 0 Å². The second kappa shape index (κ2) is 11.7. The second-order valence-corrected chi connectivity index (χ2v) is 10.6. The summed E-state index contributed by atoms with van der Waals surface area (Å²) < 4.78 is 62.2. The zero-order valence-corrected chi connectivity index (χ0v) is 23.3. The largest absolute Gasteiger partial charge is 0.417 e. The molecule has 224 valence electrons. The number of carbonyl (C=O) groups is 1. The number of aromatic nitrogens is 3. The number of nitrogens with zero attached hydrogens (tertiary/aromatic N) is 5. The highest BCUT2D eigenvalue weighted by molar-refractivity contribution is 6.07. The lowest BCUT2D eigenvalue weighted by Gasteiger charge is -2.39. The van der Waals surface area contributed by atoms with Crippen molar-refractivity contribution in [1.29, 1.82) is 0 Å². The summed E-state index contributed by atoms with van der Waals surface area (Å²) in [7, 11) is 1.96. The first-order chi connectivity index (χ1) is 19.9. The average molecular weight is 590 g/mol. The summed E-state index contributed by atoms with van der Waals surface area (Å²) in [5, 5.41) is 2.54. The van der Waals surface area contributed by atoms with Crippen LogP contribution in [0.15, 0.2) is 41.6 Å². The van der Waals surface area contributed by atoms with E-state index in [-0.39, 0.29) is 23.3 Å². The van der Waals surface area contributed by atoms with Gasteiger partial charge in [0, 0.05) is 68.0 Å². The number of halogens is 4. The number of benzene rings is 1. The van der Waals surface area contributed by atoms with E-state index in [0.29, 0.717) is 62.7 Å². The Hall–Kier alpha value is -4.04. The quantitative estimate of drug-likeness (QED) is 0.435. The normalized spacial score (nSPS) is 20.1. The van der Waals surface area contributed by atoms with Crippen LogP contribution in [-0.2, 0) is 10.9 Å². The van der Waals surface area contributed by atoms with Crippen molar-refractivity contribution in [1.82, 2.24) is 19.9 Å². The van der Waals surface area contributed by atoms with Gasteiger partial charge in [0.25, 0.3) is 5.91 Å². The van der Waals surface area contributed by atoms with Crippen LogP contribution in [0.3, 0.4) is 0 Å². The maximum absolute atomic E-state index is 15.7. The molecule has 0 spiro atoms. The van der Waals surface area contributed by atoms with E-state index >= 15 is 4.39 Å². The molecule has 3 aromatic rings. The van der Waals surface area contributed by atoms with Crippen LogP contribution in [0.4, 0.5) is 34.9 Å². The number of ether oxygens (including phenoxy) is 1. The van der Waals surface area contributed by atoms with Gasteiger partial charge in [0.05, 0.1) is 41.8 Å². The van der Waals surface area contributed by atoms with Gasteiger partial charge in [-0.15, -0.1) is 0 Å². The fraction of sp³-hybridized carbons (Fsp3) is 0.429. The summed E-state index contributed by atoms with van der Waals surface area (Å²) in [4.78, 5) is 41.8. The topological polar surface area (TPSA) is 107 Å². The van der Waals surface area contributed by atoms with Gasteiger partial charge >= 0.3 is 6.18 Å². The third-order valence-electron chi connectivity index (χ3n) is 7.68. The molecule has 2 fully saturated rings. The van der Waals surface area contributed by atoms with Crippen LogP contribution in [-0.4, -0.2) is 84.3 Å². The number of carbonyl (C=O) groups excluding carboxylic acids is 1. The fourth-order valence-electron chi connectivity index (χ4n) is 5.13. The van der Waals surface area contributed by atoms with Crippen LogP contribution < -0.4 is 20.7 Å². The molecule has 2 atom stereocenters. The third-order valence-corrected chi connectivity index (χ3v) is 7.68. The standard InChI is InChI=1S/C28H31F4N7O3/c1-16-14-38(5-4-37(16)3)24-10-22(29)19(18-11-34-27(35-12-18)39-6-7-42-15-17(39)2)8-23(24)36-26(41)20-13-33-25(40)9-21(20)28(30,31)32/h8-13,16-17H,4-7,14-15H2,1-3H3,(H,33,40)(H,36,41)/t16-,17-/m1/s1. The number of hydrogen-bond donors (Lipinski definition) is 2. The maximum atomic E-state index is 15.7. The van der Waals surface area contributed by atoms with Gasteiger partial charge in [0.2, 0.25) is 11.5 Å². The first-order valence-corrected chi connectivity index (χ1v) is 13.5. The predicted octanol–water partition coefficient (Wildman–Crippen LogP) is 3.61. The van der Waals surface area contributed by atoms with E-state index in [1.54, 1.807) is 0 Å². The Bertz CT molecular complexity index is 1510. The van der Waals surface area contributed by atoms with Crippen LogP contribution in [0.1, 0.15) is 29.8 Å². The molecule has 2 aliphatic heterocycles. The lowest BCUT2D eigenvalue weighted by Crippen LogP contribution is -2.50. The molecule has 0 saturated carbocycles. The molecule has 4 heterocycles. The Morgan fingerprint density at radius 2 is 1.83 bits per heavy atom. The average Bonchev–Trinajstić information content (AvgIpc) is 2.95. The molecular weight excluding hydrogens is 558 g/mol. The minimum absolute atomic E-state index is 0.0583. The van der Waals surface area contributed by atoms with Crippen LogP contribution in [0.2, 0.25) is 0 Å². The van der Waals surface area contributed by atoms with Gasteiger partial charge in [-0.25, -0.2) is 14.4 Å². The van der Waals surface area contributed by atoms with E-state index in [0.717, 1.165) is 6.20 Å². The fourth-order valence-corrected chi connectivity index (χ4v) is 5.13. The Labute approximate surface area is 239 Å². The number of H-pyrrole nitrogens is 1. The molecule has 2 N–H and O–H groups in total. The third kappa shape index (κ3) is 6.09. The van der Waals surface area contributed by atoms with E-state index in [1.807, 2.05) is 30.7 Å². The highest BCUT2D eigenvalue weighted by atomic mass is 19.4. The zero-order chi connectivity index (χ0) is 30.2. The van der Waals surface area contributed by atoms with E-state index in [1.165, 1.54) is 24.5 Å². The number of piperazine rings is 1. The summed E-state index contributed by atoms with van der Waals surface area (Å²) in [6.45, 7) is 7.31. The molecule has 10 nitrogen and oxygen atoms in total. The van der Waals surface area contributed by atoms with Crippen molar-refractivity contribution in [3.8, 4) is 11.1 Å². The van der Waals surface area contributed by atoms with Crippen LogP contribution in [0, 0.1) is 5.82 Å². The number of likely N-dealkylation sites (N-methyl/N-ethyl adjacent to an activating group) is 1. The lowest BCUT2D eigenvalue weighted by atomic mass is 10.0. The maximum Gasteiger partial charge on any atom is 0.417 e. The van der Waals surface area contributed by atoms with Crippen molar-refractivity contribution in [2.75, 3.05) is 61.6 Å². The summed E-state index contributed by atoms with van der Waals surface area (Å²) >= 11 is 0. The van der Waals surface area contributed by atoms with Crippen LogP contribution >= 0.6 is 0 Å². The van der Waals surface area contributed by atoms with Crippen LogP contribution in [0.5, 0.6) is 0 Å². The molecule has 1 aromatic carbocycles. The molecule has 1 amide bonds. The second-order valence-electron chi connectivity index (χ2n) is 10.6. The lowest BCUT2D eigenvalue weighted by molar-refractivity contribution is -0.138. The minimum atomic E-state index is -4.94. The number of aromatic amines is 1. The molecular formula is C28H31F4N7O3. The number of anilines is 3.